The highest BCUT2D eigenvalue weighted by Gasteiger charge is 2.32. The number of nitrogens with zero attached hydrogens (tertiary/aromatic N) is 2. The molecule has 5 nitrogen and oxygen atoms in total. The van der Waals surface area contributed by atoms with E-state index in [2.05, 4.69) is 6.07 Å². The summed E-state index contributed by atoms with van der Waals surface area (Å²) in [5.74, 6) is 0.400. The van der Waals surface area contributed by atoms with Crippen LogP contribution in [0.1, 0.15) is 16.9 Å². The summed E-state index contributed by atoms with van der Waals surface area (Å²) in [6, 6.07) is 3.88. The molecule has 0 amide bonds. The Morgan fingerprint density at radius 1 is 1.58 bits per heavy atom. The Bertz CT molecular complexity index is 574. The SMILES string of the molecule is N#Cc1csc(CN(CCO)C2CCS(=O)(=O)C2)c1. The van der Waals surface area contributed by atoms with Crippen molar-refractivity contribution >= 4 is 21.2 Å². The molecular weight excluding hydrogens is 284 g/mol. The Morgan fingerprint density at radius 3 is 2.89 bits per heavy atom. The van der Waals surface area contributed by atoms with Gasteiger partial charge in [-0.25, -0.2) is 8.42 Å². The summed E-state index contributed by atoms with van der Waals surface area (Å²) in [5, 5.41) is 19.7. The summed E-state index contributed by atoms with van der Waals surface area (Å²) in [4.78, 5) is 3.02. The number of nitriles is 1. The van der Waals surface area contributed by atoms with Gasteiger partial charge in [0, 0.05) is 29.4 Å². The zero-order valence-electron chi connectivity index (χ0n) is 10.4. The molecule has 19 heavy (non-hydrogen) atoms. The zero-order chi connectivity index (χ0) is 13.9. The minimum Gasteiger partial charge on any atom is -0.395 e. The summed E-state index contributed by atoms with van der Waals surface area (Å²) in [6.45, 7) is 1.06. The maximum Gasteiger partial charge on any atom is 0.151 e. The van der Waals surface area contributed by atoms with Crippen LogP contribution in [-0.4, -0.2) is 49.1 Å². The third-order valence-corrected chi connectivity index (χ3v) is 5.93. The van der Waals surface area contributed by atoms with Crippen LogP contribution in [0.2, 0.25) is 0 Å². The minimum atomic E-state index is -2.92. The van der Waals surface area contributed by atoms with Crippen molar-refractivity contribution in [1.82, 2.24) is 4.90 Å². The third kappa shape index (κ3) is 3.76. The summed E-state index contributed by atoms with van der Waals surface area (Å²) in [7, 11) is -2.92. The van der Waals surface area contributed by atoms with Gasteiger partial charge in [0.15, 0.2) is 9.84 Å². The van der Waals surface area contributed by atoms with Crippen molar-refractivity contribution in [2.45, 2.75) is 19.0 Å². The Balaban J connectivity index is 2.06. The van der Waals surface area contributed by atoms with E-state index in [4.69, 9.17) is 10.4 Å². The van der Waals surface area contributed by atoms with Gasteiger partial charge in [0.2, 0.25) is 0 Å². The van der Waals surface area contributed by atoms with Gasteiger partial charge in [0.1, 0.15) is 6.07 Å². The molecule has 0 radical (unpaired) electrons. The molecule has 1 N–H and O–H groups in total. The van der Waals surface area contributed by atoms with Crippen molar-refractivity contribution in [1.29, 1.82) is 5.26 Å². The van der Waals surface area contributed by atoms with Crippen molar-refractivity contribution in [3.63, 3.8) is 0 Å². The molecule has 0 saturated carbocycles. The molecule has 2 rings (SSSR count). The largest absolute Gasteiger partial charge is 0.395 e. The zero-order valence-corrected chi connectivity index (χ0v) is 12.1. The standard InChI is InChI=1S/C12H16N2O3S2/c13-6-10-5-12(18-8-10)7-14(2-3-15)11-1-4-19(16,17)9-11/h5,8,11,15H,1-4,7,9H2. The molecule has 1 aromatic heterocycles. The first-order valence-electron chi connectivity index (χ1n) is 6.07. The van der Waals surface area contributed by atoms with Crippen LogP contribution in [0.25, 0.3) is 0 Å². The fourth-order valence-electron chi connectivity index (χ4n) is 2.30. The Morgan fingerprint density at radius 2 is 2.37 bits per heavy atom. The lowest BCUT2D eigenvalue weighted by molar-refractivity contribution is 0.155. The van der Waals surface area contributed by atoms with E-state index in [1.807, 2.05) is 11.0 Å². The molecule has 1 fully saturated rings. The predicted octanol–water partition coefficient (Wildman–Crippen LogP) is 0.601. The second kappa shape index (κ2) is 6.01. The summed E-state index contributed by atoms with van der Waals surface area (Å²) < 4.78 is 23.0. The molecule has 2 heterocycles. The maximum atomic E-state index is 11.5. The fraction of sp³-hybridized carbons (Fsp3) is 0.583. The Hall–Kier alpha value is -0.940. The molecule has 1 aromatic rings. The lowest BCUT2D eigenvalue weighted by atomic mass is 10.2. The lowest BCUT2D eigenvalue weighted by Gasteiger charge is -2.26. The molecule has 0 aromatic carbocycles. The van der Waals surface area contributed by atoms with Crippen LogP contribution in [0.15, 0.2) is 11.4 Å². The number of thiophene rings is 1. The first-order chi connectivity index (χ1) is 9.04. The van der Waals surface area contributed by atoms with Gasteiger partial charge in [-0.05, 0) is 12.5 Å². The highest BCUT2D eigenvalue weighted by atomic mass is 32.2. The Labute approximate surface area is 117 Å². The summed E-state index contributed by atoms with van der Waals surface area (Å²) in [6.07, 6.45) is 0.624. The molecule has 0 bridgehead atoms. The van der Waals surface area contributed by atoms with E-state index in [1.54, 1.807) is 5.38 Å². The number of aliphatic hydroxyl groups is 1. The summed E-state index contributed by atoms with van der Waals surface area (Å²) in [5.41, 5.74) is 0.628. The number of hydrogen-bond donors (Lipinski definition) is 1. The van der Waals surface area contributed by atoms with E-state index in [9.17, 15) is 8.42 Å². The second-order valence-electron chi connectivity index (χ2n) is 4.66. The number of aliphatic hydroxyl groups excluding tert-OH is 1. The molecule has 1 saturated heterocycles. The highest BCUT2D eigenvalue weighted by molar-refractivity contribution is 7.91. The van der Waals surface area contributed by atoms with Crippen LogP contribution in [0, 0.1) is 11.3 Å². The fourth-order valence-corrected chi connectivity index (χ4v) is 4.90. The van der Waals surface area contributed by atoms with Gasteiger partial charge in [-0.1, -0.05) is 0 Å². The van der Waals surface area contributed by atoms with E-state index in [0.29, 0.717) is 25.1 Å². The quantitative estimate of drug-likeness (QED) is 0.861. The van der Waals surface area contributed by atoms with Crippen LogP contribution in [0.4, 0.5) is 0 Å². The van der Waals surface area contributed by atoms with Crippen molar-refractivity contribution < 1.29 is 13.5 Å². The molecule has 104 valence electrons. The predicted molar refractivity (Wildman–Crippen MR) is 73.6 cm³/mol. The first kappa shape index (κ1) is 14.5. The third-order valence-electron chi connectivity index (χ3n) is 3.25. The molecule has 1 aliphatic rings. The van der Waals surface area contributed by atoms with E-state index < -0.39 is 9.84 Å². The van der Waals surface area contributed by atoms with Crippen molar-refractivity contribution in [2.24, 2.45) is 0 Å². The van der Waals surface area contributed by atoms with E-state index >= 15 is 0 Å². The number of rotatable bonds is 5. The van der Waals surface area contributed by atoms with Crippen molar-refractivity contribution in [3.8, 4) is 6.07 Å². The number of sulfone groups is 1. The van der Waals surface area contributed by atoms with Gasteiger partial charge >= 0.3 is 0 Å². The molecule has 0 aliphatic carbocycles. The molecule has 0 spiro atoms. The van der Waals surface area contributed by atoms with Gasteiger partial charge in [-0.3, -0.25) is 4.90 Å². The van der Waals surface area contributed by atoms with Gasteiger partial charge in [-0.15, -0.1) is 11.3 Å². The van der Waals surface area contributed by atoms with Gasteiger partial charge < -0.3 is 5.11 Å². The first-order valence-corrected chi connectivity index (χ1v) is 8.77. The normalized spacial score (nSPS) is 21.6. The Kier molecular flexibility index (Phi) is 4.58. The van der Waals surface area contributed by atoms with Gasteiger partial charge in [0.05, 0.1) is 23.7 Å². The van der Waals surface area contributed by atoms with Crippen LogP contribution >= 0.6 is 11.3 Å². The minimum absolute atomic E-state index is 0.00697. The maximum absolute atomic E-state index is 11.5. The number of hydrogen-bond acceptors (Lipinski definition) is 6. The van der Waals surface area contributed by atoms with Crippen LogP contribution in [0.3, 0.4) is 0 Å². The monoisotopic (exact) mass is 300 g/mol. The topological polar surface area (TPSA) is 81.4 Å². The smallest absolute Gasteiger partial charge is 0.151 e. The second-order valence-corrected chi connectivity index (χ2v) is 7.89. The molecular formula is C12H16N2O3S2. The molecule has 1 aliphatic heterocycles. The van der Waals surface area contributed by atoms with Crippen LogP contribution in [-0.2, 0) is 16.4 Å². The highest BCUT2D eigenvalue weighted by Crippen LogP contribution is 2.22. The lowest BCUT2D eigenvalue weighted by Crippen LogP contribution is -2.37. The molecule has 7 heteroatoms. The molecule has 1 atom stereocenters. The van der Waals surface area contributed by atoms with E-state index in [1.165, 1.54) is 11.3 Å². The average molecular weight is 300 g/mol. The van der Waals surface area contributed by atoms with Gasteiger partial charge in [-0.2, -0.15) is 5.26 Å². The summed E-state index contributed by atoms with van der Waals surface area (Å²) >= 11 is 1.49. The van der Waals surface area contributed by atoms with Crippen molar-refractivity contribution in [2.75, 3.05) is 24.7 Å². The van der Waals surface area contributed by atoms with Crippen LogP contribution < -0.4 is 0 Å². The van der Waals surface area contributed by atoms with Crippen LogP contribution in [0.5, 0.6) is 0 Å². The molecule has 1 unspecified atom stereocenters. The van der Waals surface area contributed by atoms with Crippen molar-refractivity contribution in [3.05, 3.63) is 21.9 Å². The van der Waals surface area contributed by atoms with E-state index in [0.717, 1.165) is 4.88 Å². The average Bonchev–Trinajstić information content (AvgIpc) is 2.95. The van der Waals surface area contributed by atoms with Gasteiger partial charge in [0.25, 0.3) is 0 Å². The van der Waals surface area contributed by atoms with E-state index in [-0.39, 0.29) is 24.2 Å².